The standard InChI is InChI=1S/C12H25N3O/c1-4-12(7-6-8-15-12)11(16)14-9-10(3)13-5-2/h10,13,15H,4-9H2,1-3H3,(H,14,16)/t10-,12?/m1/s1. The van der Waals surface area contributed by atoms with Gasteiger partial charge in [0.1, 0.15) is 0 Å². The Bertz CT molecular complexity index is 224. The fourth-order valence-corrected chi connectivity index (χ4v) is 2.30. The van der Waals surface area contributed by atoms with Gasteiger partial charge < -0.3 is 16.0 Å². The highest BCUT2D eigenvalue weighted by molar-refractivity contribution is 5.86. The number of amides is 1. The van der Waals surface area contributed by atoms with Gasteiger partial charge in [-0.05, 0) is 39.3 Å². The van der Waals surface area contributed by atoms with Crippen molar-refractivity contribution in [2.75, 3.05) is 19.6 Å². The molecule has 0 saturated carbocycles. The highest BCUT2D eigenvalue weighted by Crippen LogP contribution is 2.22. The molecule has 1 aliphatic heterocycles. The first kappa shape index (κ1) is 13.5. The van der Waals surface area contributed by atoms with Crippen LogP contribution in [0, 0.1) is 0 Å². The topological polar surface area (TPSA) is 53.2 Å². The second kappa shape index (κ2) is 6.21. The van der Waals surface area contributed by atoms with Gasteiger partial charge >= 0.3 is 0 Å². The Morgan fingerprint density at radius 1 is 1.50 bits per heavy atom. The summed E-state index contributed by atoms with van der Waals surface area (Å²) in [5, 5.41) is 9.67. The monoisotopic (exact) mass is 227 g/mol. The summed E-state index contributed by atoms with van der Waals surface area (Å²) in [7, 11) is 0. The van der Waals surface area contributed by atoms with Gasteiger partial charge in [0.2, 0.25) is 5.91 Å². The Labute approximate surface area is 98.6 Å². The van der Waals surface area contributed by atoms with Crippen LogP contribution in [0.5, 0.6) is 0 Å². The maximum Gasteiger partial charge on any atom is 0.240 e. The van der Waals surface area contributed by atoms with Crippen LogP contribution in [0.1, 0.15) is 40.0 Å². The molecule has 1 amide bonds. The number of carbonyl (C=O) groups excluding carboxylic acids is 1. The molecular formula is C12H25N3O. The minimum atomic E-state index is -0.300. The van der Waals surface area contributed by atoms with Crippen molar-refractivity contribution >= 4 is 5.91 Å². The molecule has 0 aliphatic carbocycles. The number of hydrogen-bond acceptors (Lipinski definition) is 3. The molecule has 0 radical (unpaired) electrons. The lowest BCUT2D eigenvalue weighted by molar-refractivity contribution is -0.127. The van der Waals surface area contributed by atoms with Crippen molar-refractivity contribution in [3.8, 4) is 0 Å². The van der Waals surface area contributed by atoms with E-state index in [2.05, 4.69) is 36.7 Å². The molecule has 1 rings (SSSR count). The largest absolute Gasteiger partial charge is 0.353 e. The molecular weight excluding hydrogens is 202 g/mol. The van der Waals surface area contributed by atoms with Crippen molar-refractivity contribution in [2.24, 2.45) is 0 Å². The lowest BCUT2D eigenvalue weighted by Crippen LogP contribution is -2.54. The number of nitrogens with one attached hydrogen (secondary N) is 3. The Morgan fingerprint density at radius 2 is 2.25 bits per heavy atom. The zero-order chi connectivity index (χ0) is 12.0. The van der Waals surface area contributed by atoms with Crippen LogP contribution in [0.25, 0.3) is 0 Å². The normalized spacial score (nSPS) is 26.7. The third-order valence-electron chi connectivity index (χ3n) is 3.40. The molecule has 94 valence electrons. The molecule has 3 N–H and O–H groups in total. The van der Waals surface area contributed by atoms with Crippen LogP contribution >= 0.6 is 0 Å². The summed E-state index contributed by atoms with van der Waals surface area (Å²) in [5.41, 5.74) is -0.300. The Morgan fingerprint density at radius 3 is 2.75 bits per heavy atom. The van der Waals surface area contributed by atoms with Crippen LogP contribution in [0.2, 0.25) is 0 Å². The van der Waals surface area contributed by atoms with Gasteiger partial charge in [0, 0.05) is 12.6 Å². The number of carbonyl (C=O) groups is 1. The van der Waals surface area contributed by atoms with Crippen LogP contribution < -0.4 is 16.0 Å². The van der Waals surface area contributed by atoms with E-state index in [1.807, 2.05) is 0 Å². The van der Waals surface area contributed by atoms with Gasteiger partial charge in [-0.3, -0.25) is 4.79 Å². The van der Waals surface area contributed by atoms with Crippen LogP contribution in [-0.4, -0.2) is 37.1 Å². The van der Waals surface area contributed by atoms with E-state index in [-0.39, 0.29) is 11.4 Å². The van der Waals surface area contributed by atoms with Crippen LogP contribution in [0.3, 0.4) is 0 Å². The molecule has 4 heteroatoms. The first-order valence-corrected chi connectivity index (χ1v) is 6.41. The molecule has 16 heavy (non-hydrogen) atoms. The average Bonchev–Trinajstić information content (AvgIpc) is 2.76. The lowest BCUT2D eigenvalue weighted by Gasteiger charge is -2.27. The smallest absolute Gasteiger partial charge is 0.240 e. The third kappa shape index (κ3) is 3.19. The summed E-state index contributed by atoms with van der Waals surface area (Å²) in [6, 6.07) is 0.337. The van der Waals surface area contributed by atoms with Crippen molar-refractivity contribution < 1.29 is 4.79 Å². The van der Waals surface area contributed by atoms with E-state index in [1.54, 1.807) is 0 Å². The SMILES string of the molecule is CCN[C@H](C)CNC(=O)C1(CC)CCCN1. The van der Waals surface area contributed by atoms with Gasteiger partial charge in [-0.1, -0.05) is 13.8 Å². The van der Waals surface area contributed by atoms with Gasteiger partial charge in [0.15, 0.2) is 0 Å². The molecule has 1 unspecified atom stereocenters. The molecule has 0 aromatic rings. The van der Waals surface area contributed by atoms with Crippen molar-refractivity contribution in [1.29, 1.82) is 0 Å². The van der Waals surface area contributed by atoms with Crippen LogP contribution in [-0.2, 0) is 4.79 Å². The second-order valence-electron chi connectivity index (χ2n) is 4.63. The van der Waals surface area contributed by atoms with E-state index in [1.165, 1.54) is 0 Å². The average molecular weight is 227 g/mol. The maximum atomic E-state index is 12.1. The zero-order valence-corrected chi connectivity index (χ0v) is 10.7. The summed E-state index contributed by atoms with van der Waals surface area (Å²) >= 11 is 0. The third-order valence-corrected chi connectivity index (χ3v) is 3.40. The van der Waals surface area contributed by atoms with E-state index in [9.17, 15) is 4.79 Å². The summed E-state index contributed by atoms with van der Waals surface area (Å²) in [5.74, 6) is 0.164. The van der Waals surface area contributed by atoms with Crippen molar-refractivity contribution in [2.45, 2.75) is 51.6 Å². The highest BCUT2D eigenvalue weighted by Gasteiger charge is 2.38. The van der Waals surface area contributed by atoms with Crippen LogP contribution in [0.4, 0.5) is 0 Å². The lowest BCUT2D eigenvalue weighted by atomic mass is 9.93. The van der Waals surface area contributed by atoms with Gasteiger partial charge in [0.25, 0.3) is 0 Å². The van der Waals surface area contributed by atoms with Gasteiger partial charge in [-0.15, -0.1) is 0 Å². The molecule has 1 fully saturated rings. The Balaban J connectivity index is 2.38. The minimum Gasteiger partial charge on any atom is -0.353 e. The summed E-state index contributed by atoms with van der Waals surface area (Å²) in [6.07, 6.45) is 2.93. The molecule has 2 atom stereocenters. The van der Waals surface area contributed by atoms with Gasteiger partial charge in [0.05, 0.1) is 5.54 Å². The van der Waals surface area contributed by atoms with Crippen molar-refractivity contribution in [3.63, 3.8) is 0 Å². The molecule has 1 saturated heterocycles. The van der Waals surface area contributed by atoms with Crippen molar-refractivity contribution in [1.82, 2.24) is 16.0 Å². The Hall–Kier alpha value is -0.610. The summed E-state index contributed by atoms with van der Waals surface area (Å²) in [6.45, 7) is 8.84. The van der Waals surface area contributed by atoms with E-state index in [0.717, 1.165) is 32.4 Å². The molecule has 0 bridgehead atoms. The van der Waals surface area contributed by atoms with E-state index in [0.29, 0.717) is 12.6 Å². The van der Waals surface area contributed by atoms with E-state index in [4.69, 9.17) is 0 Å². The molecule has 0 aromatic heterocycles. The van der Waals surface area contributed by atoms with Crippen LogP contribution in [0.15, 0.2) is 0 Å². The fourth-order valence-electron chi connectivity index (χ4n) is 2.30. The second-order valence-corrected chi connectivity index (χ2v) is 4.63. The number of rotatable bonds is 6. The quantitative estimate of drug-likeness (QED) is 0.624. The Kier molecular flexibility index (Phi) is 5.22. The van der Waals surface area contributed by atoms with E-state index < -0.39 is 0 Å². The molecule has 4 nitrogen and oxygen atoms in total. The molecule has 1 aliphatic rings. The van der Waals surface area contributed by atoms with Crippen molar-refractivity contribution in [3.05, 3.63) is 0 Å². The maximum absolute atomic E-state index is 12.1. The highest BCUT2D eigenvalue weighted by atomic mass is 16.2. The number of hydrogen-bond donors (Lipinski definition) is 3. The zero-order valence-electron chi connectivity index (χ0n) is 10.7. The predicted octanol–water partition coefficient (Wildman–Crippen LogP) is 0.633. The molecule has 1 heterocycles. The predicted molar refractivity (Wildman–Crippen MR) is 66.4 cm³/mol. The minimum absolute atomic E-state index is 0.164. The number of likely N-dealkylation sites (N-methyl/N-ethyl adjacent to an activating group) is 1. The first-order chi connectivity index (χ1) is 7.64. The van der Waals surface area contributed by atoms with Gasteiger partial charge in [-0.2, -0.15) is 0 Å². The molecule has 0 spiro atoms. The van der Waals surface area contributed by atoms with Gasteiger partial charge in [-0.25, -0.2) is 0 Å². The fraction of sp³-hybridized carbons (Fsp3) is 0.917. The first-order valence-electron chi connectivity index (χ1n) is 6.41. The molecule has 0 aromatic carbocycles. The summed E-state index contributed by atoms with van der Waals surface area (Å²) < 4.78 is 0. The van der Waals surface area contributed by atoms with E-state index >= 15 is 0 Å². The summed E-state index contributed by atoms with van der Waals surface area (Å²) in [4.78, 5) is 12.1.